The van der Waals surface area contributed by atoms with E-state index in [4.69, 9.17) is 9.47 Å². The molecule has 1 rings (SSSR count). The monoisotopic (exact) mass is 264 g/mol. The second kappa shape index (κ2) is 10.7. The van der Waals surface area contributed by atoms with Gasteiger partial charge in [-0.1, -0.05) is 36.4 Å². The van der Waals surface area contributed by atoms with Crippen LogP contribution < -0.4 is 0 Å². The maximum Gasteiger partial charge on any atom is 0.104 e. The molecule has 0 spiro atoms. The fourth-order valence-corrected chi connectivity index (χ4v) is 1.68. The summed E-state index contributed by atoms with van der Waals surface area (Å²) >= 11 is 0. The largest absolute Gasteiger partial charge is 0.394 e. The van der Waals surface area contributed by atoms with E-state index in [1.807, 2.05) is 36.4 Å². The minimum atomic E-state index is -0.229. The lowest BCUT2D eigenvalue weighted by Crippen LogP contribution is -2.24. The zero-order valence-corrected chi connectivity index (χ0v) is 11.5. The molecule has 0 saturated heterocycles. The van der Waals surface area contributed by atoms with Crippen molar-refractivity contribution in [1.82, 2.24) is 0 Å². The average Bonchev–Trinajstić information content (AvgIpc) is 2.46. The highest BCUT2D eigenvalue weighted by molar-refractivity contribution is 5.13. The standard InChI is InChI=1S/C16H24O3/c1-2-3-4-8-11-19-16(12-17)14-18-13-15-9-6-5-7-10-15/h2,5-7,9-10,16-17H,1,3-4,8,11-14H2/t16-/m1/s1. The molecule has 0 aromatic heterocycles. The topological polar surface area (TPSA) is 38.7 Å². The summed E-state index contributed by atoms with van der Waals surface area (Å²) in [6, 6.07) is 9.98. The molecule has 1 N–H and O–H groups in total. The molecule has 3 nitrogen and oxygen atoms in total. The number of ether oxygens (including phenoxy) is 2. The van der Waals surface area contributed by atoms with E-state index < -0.39 is 0 Å². The fraction of sp³-hybridized carbons (Fsp3) is 0.500. The zero-order valence-electron chi connectivity index (χ0n) is 11.5. The van der Waals surface area contributed by atoms with Crippen molar-refractivity contribution in [2.75, 3.05) is 19.8 Å². The molecule has 1 atom stereocenters. The second-order valence-electron chi connectivity index (χ2n) is 4.46. The summed E-state index contributed by atoms with van der Waals surface area (Å²) in [4.78, 5) is 0. The van der Waals surface area contributed by atoms with Gasteiger partial charge in [-0.2, -0.15) is 0 Å². The van der Waals surface area contributed by atoms with Crippen molar-refractivity contribution in [2.45, 2.75) is 32.0 Å². The van der Waals surface area contributed by atoms with E-state index in [0.717, 1.165) is 24.8 Å². The third-order valence-corrected chi connectivity index (χ3v) is 2.78. The van der Waals surface area contributed by atoms with Gasteiger partial charge in [0.2, 0.25) is 0 Å². The van der Waals surface area contributed by atoms with Crippen molar-refractivity contribution in [3.8, 4) is 0 Å². The number of hydrogen-bond acceptors (Lipinski definition) is 3. The highest BCUT2D eigenvalue weighted by Crippen LogP contribution is 2.03. The van der Waals surface area contributed by atoms with Gasteiger partial charge in [-0.3, -0.25) is 0 Å². The highest BCUT2D eigenvalue weighted by atomic mass is 16.5. The molecule has 106 valence electrons. The molecule has 1 aromatic carbocycles. The Kier molecular flexibility index (Phi) is 8.98. The SMILES string of the molecule is C=CCCCCO[C@H](CO)COCc1ccccc1. The Labute approximate surface area is 115 Å². The van der Waals surface area contributed by atoms with E-state index in [9.17, 15) is 5.11 Å². The van der Waals surface area contributed by atoms with Crippen LogP contribution >= 0.6 is 0 Å². The van der Waals surface area contributed by atoms with Crippen LogP contribution in [0.1, 0.15) is 24.8 Å². The van der Waals surface area contributed by atoms with Crippen LogP contribution in [0.15, 0.2) is 43.0 Å². The number of aliphatic hydroxyl groups excluding tert-OH is 1. The minimum absolute atomic E-state index is 0.00372. The molecule has 0 amide bonds. The van der Waals surface area contributed by atoms with E-state index in [1.54, 1.807) is 0 Å². The summed E-state index contributed by atoms with van der Waals surface area (Å²) in [7, 11) is 0. The molecule has 19 heavy (non-hydrogen) atoms. The predicted molar refractivity (Wildman–Crippen MR) is 77.0 cm³/mol. The van der Waals surface area contributed by atoms with Gasteiger partial charge in [0.25, 0.3) is 0 Å². The Hall–Kier alpha value is -1.16. The lowest BCUT2D eigenvalue weighted by atomic mass is 10.2. The highest BCUT2D eigenvalue weighted by Gasteiger charge is 2.07. The Morgan fingerprint density at radius 1 is 1.21 bits per heavy atom. The number of hydrogen-bond donors (Lipinski definition) is 1. The van der Waals surface area contributed by atoms with Crippen LogP contribution in [-0.4, -0.2) is 31.0 Å². The summed E-state index contributed by atoms with van der Waals surface area (Å²) in [5, 5.41) is 9.20. The number of allylic oxidation sites excluding steroid dienone is 1. The first-order chi connectivity index (χ1) is 9.36. The van der Waals surface area contributed by atoms with Crippen LogP contribution in [0.4, 0.5) is 0 Å². The molecule has 0 bridgehead atoms. The Morgan fingerprint density at radius 2 is 2.00 bits per heavy atom. The summed E-state index contributed by atoms with van der Waals surface area (Å²) in [6.45, 7) is 5.31. The van der Waals surface area contributed by atoms with E-state index in [2.05, 4.69) is 6.58 Å². The molecule has 0 aliphatic carbocycles. The Morgan fingerprint density at radius 3 is 2.68 bits per heavy atom. The van der Waals surface area contributed by atoms with Crippen molar-refractivity contribution < 1.29 is 14.6 Å². The van der Waals surface area contributed by atoms with E-state index >= 15 is 0 Å². The van der Waals surface area contributed by atoms with Crippen LogP contribution in [-0.2, 0) is 16.1 Å². The van der Waals surface area contributed by atoms with Gasteiger partial charge in [0.05, 0.1) is 19.8 Å². The fourth-order valence-electron chi connectivity index (χ4n) is 1.68. The summed E-state index contributed by atoms with van der Waals surface area (Å²) in [6.07, 6.45) is 4.75. The van der Waals surface area contributed by atoms with Crippen molar-refractivity contribution in [2.24, 2.45) is 0 Å². The molecule has 0 aliphatic heterocycles. The van der Waals surface area contributed by atoms with Crippen LogP contribution in [0.25, 0.3) is 0 Å². The second-order valence-corrected chi connectivity index (χ2v) is 4.46. The summed E-state index contributed by atoms with van der Waals surface area (Å²) in [5.74, 6) is 0. The molecule has 0 aliphatic rings. The van der Waals surface area contributed by atoms with Gasteiger partial charge in [0.1, 0.15) is 6.10 Å². The molecule has 0 saturated carbocycles. The van der Waals surface area contributed by atoms with Gasteiger partial charge in [0.15, 0.2) is 0 Å². The molecule has 1 aromatic rings. The van der Waals surface area contributed by atoms with Crippen LogP contribution in [0.2, 0.25) is 0 Å². The van der Waals surface area contributed by atoms with Crippen LogP contribution in [0.3, 0.4) is 0 Å². The molecular weight excluding hydrogens is 240 g/mol. The number of benzene rings is 1. The van der Waals surface area contributed by atoms with Gasteiger partial charge >= 0.3 is 0 Å². The number of rotatable bonds is 11. The van der Waals surface area contributed by atoms with E-state index in [-0.39, 0.29) is 12.7 Å². The van der Waals surface area contributed by atoms with Crippen molar-refractivity contribution in [1.29, 1.82) is 0 Å². The first-order valence-electron chi connectivity index (χ1n) is 6.82. The van der Waals surface area contributed by atoms with Crippen LogP contribution in [0, 0.1) is 0 Å². The lowest BCUT2D eigenvalue weighted by molar-refractivity contribution is -0.0471. The Bertz CT molecular complexity index is 324. The Balaban J connectivity index is 2.09. The maximum atomic E-state index is 9.20. The zero-order chi connectivity index (χ0) is 13.8. The molecule has 0 unspecified atom stereocenters. The van der Waals surface area contributed by atoms with Gasteiger partial charge in [0, 0.05) is 6.61 Å². The molecule has 0 fully saturated rings. The molecule has 0 radical (unpaired) electrons. The molecule has 0 heterocycles. The van der Waals surface area contributed by atoms with Gasteiger partial charge in [-0.15, -0.1) is 6.58 Å². The van der Waals surface area contributed by atoms with Gasteiger partial charge < -0.3 is 14.6 Å². The smallest absolute Gasteiger partial charge is 0.104 e. The first kappa shape index (κ1) is 15.9. The van der Waals surface area contributed by atoms with E-state index in [0.29, 0.717) is 19.8 Å². The predicted octanol–water partition coefficient (Wildman–Crippen LogP) is 2.94. The van der Waals surface area contributed by atoms with E-state index in [1.165, 1.54) is 0 Å². The lowest BCUT2D eigenvalue weighted by Gasteiger charge is -2.15. The molecule has 3 heteroatoms. The average molecular weight is 264 g/mol. The van der Waals surface area contributed by atoms with Crippen molar-refractivity contribution in [3.05, 3.63) is 48.6 Å². The van der Waals surface area contributed by atoms with Gasteiger partial charge in [-0.25, -0.2) is 0 Å². The minimum Gasteiger partial charge on any atom is -0.394 e. The third kappa shape index (κ3) is 7.78. The first-order valence-corrected chi connectivity index (χ1v) is 6.82. The van der Waals surface area contributed by atoms with Crippen molar-refractivity contribution in [3.63, 3.8) is 0 Å². The number of unbranched alkanes of at least 4 members (excludes halogenated alkanes) is 2. The quantitative estimate of drug-likeness (QED) is 0.493. The third-order valence-electron chi connectivity index (χ3n) is 2.78. The van der Waals surface area contributed by atoms with Crippen LogP contribution in [0.5, 0.6) is 0 Å². The molecular formula is C16H24O3. The normalized spacial score (nSPS) is 12.3. The van der Waals surface area contributed by atoms with Gasteiger partial charge in [-0.05, 0) is 24.8 Å². The summed E-state index contributed by atoms with van der Waals surface area (Å²) < 4.78 is 11.1. The van der Waals surface area contributed by atoms with Crippen molar-refractivity contribution >= 4 is 0 Å². The maximum absolute atomic E-state index is 9.20. The summed E-state index contributed by atoms with van der Waals surface area (Å²) in [5.41, 5.74) is 1.13. The number of aliphatic hydroxyl groups is 1.